The van der Waals surface area contributed by atoms with E-state index in [4.69, 9.17) is 9.26 Å². The second-order valence-corrected chi connectivity index (χ2v) is 7.09. The van der Waals surface area contributed by atoms with Crippen LogP contribution in [-0.2, 0) is 20.9 Å². The summed E-state index contributed by atoms with van der Waals surface area (Å²) in [5.41, 5.74) is 0.980. The van der Waals surface area contributed by atoms with Crippen LogP contribution in [0, 0.1) is 12.7 Å². The van der Waals surface area contributed by atoms with Gasteiger partial charge in [0.15, 0.2) is 6.61 Å². The Kier molecular flexibility index (Phi) is 6.15. The van der Waals surface area contributed by atoms with Gasteiger partial charge in [-0.15, -0.1) is 11.3 Å². The van der Waals surface area contributed by atoms with Crippen molar-refractivity contribution in [3.8, 4) is 11.4 Å². The van der Waals surface area contributed by atoms with Crippen LogP contribution >= 0.6 is 11.3 Å². The van der Waals surface area contributed by atoms with Crippen molar-refractivity contribution in [2.45, 2.75) is 32.9 Å². The van der Waals surface area contributed by atoms with Gasteiger partial charge in [0, 0.05) is 17.4 Å². The normalized spacial score (nSPS) is 11.8. The first-order chi connectivity index (χ1) is 13.4. The number of amides is 1. The number of nitrogens with one attached hydrogen (secondary N) is 1. The summed E-state index contributed by atoms with van der Waals surface area (Å²) in [4.78, 5) is 28.5. The van der Waals surface area contributed by atoms with Gasteiger partial charge in [-0.3, -0.25) is 9.59 Å². The fourth-order valence-electron chi connectivity index (χ4n) is 2.49. The molecule has 0 bridgehead atoms. The molecule has 9 heteroatoms. The summed E-state index contributed by atoms with van der Waals surface area (Å²) in [5.74, 6) is -0.824. The Balaban J connectivity index is 1.59. The van der Waals surface area contributed by atoms with E-state index in [-0.39, 0.29) is 36.5 Å². The summed E-state index contributed by atoms with van der Waals surface area (Å²) in [6.45, 7) is 2.84. The minimum Gasteiger partial charge on any atom is -0.455 e. The lowest BCUT2D eigenvalue weighted by molar-refractivity contribution is -0.146. The molecule has 0 radical (unpaired) electrons. The van der Waals surface area contributed by atoms with Crippen molar-refractivity contribution in [1.29, 1.82) is 0 Å². The van der Waals surface area contributed by atoms with Gasteiger partial charge in [0.25, 0.3) is 5.89 Å². The van der Waals surface area contributed by atoms with E-state index in [1.165, 1.54) is 24.3 Å². The number of hydrogen-bond donors (Lipinski definition) is 1. The van der Waals surface area contributed by atoms with Gasteiger partial charge in [0.2, 0.25) is 11.7 Å². The van der Waals surface area contributed by atoms with Crippen LogP contribution in [0.2, 0.25) is 0 Å². The maximum absolute atomic E-state index is 13.7. The fraction of sp³-hybridized carbons (Fsp3) is 0.263. The minimum atomic E-state index is -0.520. The predicted octanol–water partition coefficient (Wildman–Crippen LogP) is 3.56. The smallest absolute Gasteiger partial charge is 0.308 e. The summed E-state index contributed by atoms with van der Waals surface area (Å²) in [6.07, 6.45) is -0.0236. The lowest BCUT2D eigenvalue weighted by Gasteiger charge is -2.15. The lowest BCUT2D eigenvalue weighted by Crippen LogP contribution is -2.28. The lowest BCUT2D eigenvalue weighted by atomic mass is 10.1. The van der Waals surface area contributed by atoms with Crippen LogP contribution in [-0.4, -0.2) is 22.0 Å². The van der Waals surface area contributed by atoms with Crippen LogP contribution in [0.1, 0.15) is 35.7 Å². The zero-order valence-electron chi connectivity index (χ0n) is 15.3. The quantitative estimate of drug-likeness (QED) is 0.606. The Labute approximate surface area is 164 Å². The van der Waals surface area contributed by atoms with E-state index >= 15 is 0 Å². The third kappa shape index (κ3) is 5.01. The number of benzene rings is 1. The van der Waals surface area contributed by atoms with Crippen molar-refractivity contribution in [2.24, 2.45) is 0 Å². The average molecular weight is 403 g/mol. The highest BCUT2D eigenvalue weighted by Crippen LogP contribution is 2.23. The second-order valence-electron chi connectivity index (χ2n) is 6.11. The third-order valence-electron chi connectivity index (χ3n) is 3.89. The zero-order valence-corrected chi connectivity index (χ0v) is 16.1. The number of rotatable bonds is 7. The molecule has 28 heavy (non-hydrogen) atoms. The van der Waals surface area contributed by atoms with Gasteiger partial charge in [0.1, 0.15) is 5.82 Å². The summed E-state index contributed by atoms with van der Waals surface area (Å²) in [7, 11) is 0. The Morgan fingerprint density at radius 3 is 2.86 bits per heavy atom. The molecule has 1 N–H and O–H groups in total. The summed E-state index contributed by atoms with van der Waals surface area (Å²) in [5, 5.41) is 8.37. The molecule has 7 nitrogen and oxygen atoms in total. The monoisotopic (exact) mass is 403 g/mol. The van der Waals surface area contributed by atoms with Gasteiger partial charge in [-0.1, -0.05) is 23.4 Å². The maximum Gasteiger partial charge on any atom is 0.308 e. The Hall–Kier alpha value is -3.07. The highest BCUT2D eigenvalue weighted by atomic mass is 32.1. The van der Waals surface area contributed by atoms with E-state index in [1.54, 1.807) is 19.1 Å². The molecule has 1 atom stereocenters. The molecule has 1 aromatic carbocycles. The zero-order chi connectivity index (χ0) is 20.1. The van der Waals surface area contributed by atoms with Gasteiger partial charge >= 0.3 is 5.97 Å². The number of nitrogens with zero attached hydrogens (tertiary/aromatic N) is 2. The highest BCUT2D eigenvalue weighted by Gasteiger charge is 2.20. The number of carbonyl (C=O) groups is 2. The van der Waals surface area contributed by atoms with Crippen LogP contribution in [0.25, 0.3) is 11.4 Å². The van der Waals surface area contributed by atoms with Crippen molar-refractivity contribution in [1.82, 2.24) is 15.5 Å². The van der Waals surface area contributed by atoms with Gasteiger partial charge in [0.05, 0.1) is 12.5 Å². The van der Waals surface area contributed by atoms with E-state index in [9.17, 15) is 14.0 Å². The largest absolute Gasteiger partial charge is 0.455 e. The molecule has 0 saturated carbocycles. The second kappa shape index (κ2) is 8.75. The average Bonchev–Trinajstić information content (AvgIpc) is 3.33. The molecule has 2 heterocycles. The highest BCUT2D eigenvalue weighted by molar-refractivity contribution is 7.10. The molecule has 0 aliphatic rings. The van der Waals surface area contributed by atoms with Crippen molar-refractivity contribution in [3.05, 3.63) is 57.9 Å². The molecular weight excluding hydrogens is 385 g/mol. The molecule has 0 fully saturated rings. The maximum atomic E-state index is 13.7. The van der Waals surface area contributed by atoms with Crippen LogP contribution in [0.5, 0.6) is 0 Å². The number of aryl methyl sites for hydroxylation is 1. The number of hydrogen-bond acceptors (Lipinski definition) is 7. The first kappa shape index (κ1) is 19.7. The van der Waals surface area contributed by atoms with Crippen LogP contribution in [0.15, 0.2) is 40.2 Å². The summed E-state index contributed by atoms with van der Waals surface area (Å²) in [6, 6.07) is 7.83. The molecule has 3 aromatic rings. The van der Waals surface area contributed by atoms with E-state index in [0.29, 0.717) is 11.1 Å². The molecule has 0 spiro atoms. The molecule has 3 rings (SSSR count). The van der Waals surface area contributed by atoms with E-state index in [2.05, 4.69) is 15.5 Å². The van der Waals surface area contributed by atoms with Gasteiger partial charge < -0.3 is 14.6 Å². The number of thiophene rings is 1. The summed E-state index contributed by atoms with van der Waals surface area (Å²) >= 11 is 1.44. The minimum absolute atomic E-state index is 0.0236. The number of esters is 1. The topological polar surface area (TPSA) is 94.3 Å². The van der Waals surface area contributed by atoms with Crippen molar-refractivity contribution in [2.75, 3.05) is 0 Å². The third-order valence-corrected chi connectivity index (χ3v) is 4.88. The molecule has 0 aliphatic heterocycles. The molecule has 146 valence electrons. The number of ether oxygens (including phenoxy) is 1. The first-order valence-corrected chi connectivity index (χ1v) is 9.35. The molecule has 2 aromatic heterocycles. The number of carbonyl (C=O) groups excluding carboxylic acids is 2. The molecule has 1 amide bonds. The van der Waals surface area contributed by atoms with Crippen LogP contribution in [0.3, 0.4) is 0 Å². The standard InChI is InChI=1S/C19H18FN3O4S/c1-11-5-6-13(8-14(11)20)19-22-17(27-23-19)10-26-18(25)9-15(21-12(2)24)16-4-3-7-28-16/h3-8,15H,9-10H2,1-2H3,(H,21,24). The van der Waals surface area contributed by atoms with E-state index < -0.39 is 12.0 Å². The van der Waals surface area contributed by atoms with Crippen molar-refractivity contribution in [3.63, 3.8) is 0 Å². The van der Waals surface area contributed by atoms with Gasteiger partial charge in [-0.05, 0) is 30.0 Å². The SMILES string of the molecule is CC(=O)NC(CC(=O)OCc1nc(-c2ccc(C)c(F)c2)no1)c1cccs1. The Morgan fingerprint density at radius 2 is 2.18 bits per heavy atom. The van der Waals surface area contributed by atoms with Gasteiger partial charge in [-0.25, -0.2) is 4.39 Å². The summed E-state index contributed by atoms with van der Waals surface area (Å²) < 4.78 is 23.9. The van der Waals surface area contributed by atoms with Crippen LogP contribution < -0.4 is 5.32 Å². The molecule has 0 aliphatic carbocycles. The van der Waals surface area contributed by atoms with Crippen molar-refractivity contribution < 1.29 is 23.2 Å². The molecule has 0 saturated heterocycles. The van der Waals surface area contributed by atoms with E-state index in [0.717, 1.165) is 4.88 Å². The van der Waals surface area contributed by atoms with Crippen molar-refractivity contribution >= 4 is 23.2 Å². The molecular formula is C19H18FN3O4S. The van der Waals surface area contributed by atoms with Gasteiger partial charge in [-0.2, -0.15) is 4.98 Å². The predicted molar refractivity (Wildman–Crippen MR) is 99.7 cm³/mol. The van der Waals surface area contributed by atoms with Crippen LogP contribution in [0.4, 0.5) is 4.39 Å². The fourth-order valence-corrected chi connectivity index (χ4v) is 3.27. The first-order valence-electron chi connectivity index (χ1n) is 8.47. The number of halogens is 1. The van der Waals surface area contributed by atoms with E-state index in [1.807, 2.05) is 17.5 Å². The number of aromatic nitrogens is 2. The Bertz CT molecular complexity index is 971. The molecule has 1 unspecified atom stereocenters. The Morgan fingerprint density at radius 1 is 1.36 bits per heavy atom.